The van der Waals surface area contributed by atoms with E-state index in [0.29, 0.717) is 10.6 Å². The molecule has 1 aromatic heterocycles. The minimum absolute atomic E-state index is 0.0111. The summed E-state index contributed by atoms with van der Waals surface area (Å²) in [5.74, 6) is 0.393. The molecule has 0 unspecified atom stereocenters. The Bertz CT molecular complexity index is 806. The van der Waals surface area contributed by atoms with Crippen molar-refractivity contribution in [3.63, 3.8) is 0 Å². The molecule has 0 saturated heterocycles. The molecule has 5 nitrogen and oxygen atoms in total. The van der Waals surface area contributed by atoms with Gasteiger partial charge in [-0.15, -0.1) is 11.3 Å². The van der Waals surface area contributed by atoms with Gasteiger partial charge in [0.1, 0.15) is 24.0 Å². The summed E-state index contributed by atoms with van der Waals surface area (Å²) in [5.41, 5.74) is 2.47. The van der Waals surface area contributed by atoms with Crippen LogP contribution in [0.15, 0.2) is 24.3 Å². The van der Waals surface area contributed by atoms with Crippen LogP contribution in [0.25, 0.3) is 0 Å². The molecule has 0 bridgehead atoms. The number of benzene rings is 1. The van der Waals surface area contributed by atoms with Crippen LogP contribution in [0, 0.1) is 26.7 Å². The van der Waals surface area contributed by atoms with E-state index in [1.54, 1.807) is 0 Å². The summed E-state index contributed by atoms with van der Waals surface area (Å²) in [7, 11) is 0. The average molecular weight is 373 g/mol. The molecule has 1 aliphatic carbocycles. The van der Waals surface area contributed by atoms with Crippen LogP contribution in [-0.2, 0) is 9.53 Å². The molecule has 1 fully saturated rings. The van der Waals surface area contributed by atoms with Crippen LogP contribution < -0.4 is 10.1 Å². The maximum absolute atomic E-state index is 12.5. The first kappa shape index (κ1) is 18.5. The molecule has 3 rings (SSSR count). The van der Waals surface area contributed by atoms with Crippen molar-refractivity contribution in [3.05, 3.63) is 45.8 Å². The third-order valence-corrected chi connectivity index (χ3v) is 5.50. The van der Waals surface area contributed by atoms with E-state index in [0.717, 1.165) is 34.6 Å². The highest BCUT2D eigenvalue weighted by atomic mass is 32.1. The molecule has 2 aromatic rings. The van der Waals surface area contributed by atoms with Crippen LogP contribution >= 0.6 is 11.3 Å². The Labute approximate surface area is 157 Å². The van der Waals surface area contributed by atoms with Crippen molar-refractivity contribution in [2.75, 3.05) is 18.5 Å². The molecule has 1 aliphatic rings. The lowest BCUT2D eigenvalue weighted by atomic mass is 10.1. The molecule has 1 heterocycles. The van der Waals surface area contributed by atoms with Gasteiger partial charge in [0.15, 0.2) is 0 Å². The summed E-state index contributed by atoms with van der Waals surface area (Å²) in [6, 6.07) is 7.70. The SMILES string of the molecule is Cc1ccc(OCCOC(=O)c2c(NC(=O)C3CC3)sc(C)c2C)cc1. The number of ether oxygens (including phenoxy) is 2. The number of amides is 1. The van der Waals surface area contributed by atoms with Crippen LogP contribution in [-0.4, -0.2) is 25.1 Å². The molecule has 6 heteroatoms. The predicted octanol–water partition coefficient (Wildman–Crippen LogP) is 4.26. The first-order valence-corrected chi connectivity index (χ1v) is 9.55. The first-order chi connectivity index (χ1) is 12.5. The highest BCUT2D eigenvalue weighted by Gasteiger charge is 2.31. The quantitative estimate of drug-likeness (QED) is 0.582. The van der Waals surface area contributed by atoms with Crippen molar-refractivity contribution in [1.29, 1.82) is 0 Å². The number of hydrogen-bond acceptors (Lipinski definition) is 5. The molecule has 0 radical (unpaired) electrons. The summed E-state index contributed by atoms with van der Waals surface area (Å²) in [6.07, 6.45) is 1.84. The summed E-state index contributed by atoms with van der Waals surface area (Å²) in [6.45, 7) is 6.25. The number of carbonyl (C=O) groups excluding carboxylic acids is 2. The van der Waals surface area contributed by atoms with E-state index in [1.165, 1.54) is 11.3 Å². The van der Waals surface area contributed by atoms with Crippen LogP contribution in [0.2, 0.25) is 0 Å². The Kier molecular flexibility index (Phi) is 5.61. The van der Waals surface area contributed by atoms with Crippen molar-refractivity contribution in [2.24, 2.45) is 5.92 Å². The molecule has 1 amide bonds. The van der Waals surface area contributed by atoms with Crippen LogP contribution in [0.3, 0.4) is 0 Å². The standard InChI is InChI=1S/C20H23NO4S/c1-12-4-8-16(9-5-12)24-10-11-25-20(23)17-13(2)14(3)26-19(17)21-18(22)15-6-7-15/h4-5,8-9,15H,6-7,10-11H2,1-3H3,(H,21,22). The number of hydrogen-bond donors (Lipinski definition) is 1. The normalized spacial score (nSPS) is 13.3. The Morgan fingerprint density at radius 1 is 1.12 bits per heavy atom. The fourth-order valence-electron chi connectivity index (χ4n) is 2.52. The number of aryl methyl sites for hydroxylation is 2. The van der Waals surface area contributed by atoms with E-state index in [4.69, 9.17) is 9.47 Å². The predicted molar refractivity (Wildman–Crippen MR) is 102 cm³/mol. The maximum atomic E-state index is 12.5. The van der Waals surface area contributed by atoms with Gasteiger partial charge in [-0.2, -0.15) is 0 Å². The Hall–Kier alpha value is -2.34. The van der Waals surface area contributed by atoms with Crippen molar-refractivity contribution >= 4 is 28.2 Å². The Balaban J connectivity index is 1.56. The van der Waals surface area contributed by atoms with Gasteiger partial charge in [0.2, 0.25) is 5.91 Å². The van der Waals surface area contributed by atoms with E-state index < -0.39 is 5.97 Å². The van der Waals surface area contributed by atoms with E-state index >= 15 is 0 Å². The molecule has 0 aliphatic heterocycles. The molecule has 1 saturated carbocycles. The minimum Gasteiger partial charge on any atom is -0.490 e. The van der Waals surface area contributed by atoms with E-state index in [1.807, 2.05) is 45.0 Å². The second kappa shape index (κ2) is 7.91. The molecule has 0 spiro atoms. The summed E-state index contributed by atoms with van der Waals surface area (Å²) in [5, 5.41) is 3.47. The van der Waals surface area contributed by atoms with Crippen molar-refractivity contribution < 1.29 is 19.1 Å². The zero-order valence-electron chi connectivity index (χ0n) is 15.3. The fraction of sp³-hybridized carbons (Fsp3) is 0.400. The number of anilines is 1. The number of esters is 1. The molecule has 1 aromatic carbocycles. The van der Waals surface area contributed by atoms with E-state index in [-0.39, 0.29) is 25.0 Å². The third-order valence-electron chi connectivity index (χ3n) is 4.38. The number of nitrogens with one attached hydrogen (secondary N) is 1. The van der Waals surface area contributed by atoms with Gasteiger partial charge in [-0.1, -0.05) is 17.7 Å². The molecular formula is C20H23NO4S. The topological polar surface area (TPSA) is 64.6 Å². The van der Waals surface area contributed by atoms with Gasteiger partial charge in [0.05, 0.1) is 5.56 Å². The second-order valence-corrected chi connectivity index (χ2v) is 7.77. The Morgan fingerprint density at radius 3 is 2.46 bits per heavy atom. The third kappa shape index (κ3) is 4.43. The van der Waals surface area contributed by atoms with Gasteiger partial charge in [-0.25, -0.2) is 4.79 Å². The van der Waals surface area contributed by atoms with Gasteiger partial charge in [0, 0.05) is 10.8 Å². The highest BCUT2D eigenvalue weighted by molar-refractivity contribution is 7.16. The average Bonchev–Trinajstić information content (AvgIpc) is 3.41. The maximum Gasteiger partial charge on any atom is 0.341 e. The lowest BCUT2D eigenvalue weighted by Gasteiger charge is -2.09. The molecule has 1 N–H and O–H groups in total. The molecule has 138 valence electrons. The monoisotopic (exact) mass is 373 g/mol. The fourth-order valence-corrected chi connectivity index (χ4v) is 3.57. The Morgan fingerprint density at radius 2 is 1.81 bits per heavy atom. The van der Waals surface area contributed by atoms with E-state index in [2.05, 4.69) is 5.32 Å². The lowest BCUT2D eigenvalue weighted by molar-refractivity contribution is -0.117. The summed E-state index contributed by atoms with van der Waals surface area (Å²) < 4.78 is 10.9. The largest absolute Gasteiger partial charge is 0.490 e. The first-order valence-electron chi connectivity index (χ1n) is 8.73. The van der Waals surface area contributed by atoms with Gasteiger partial charge in [-0.05, 0) is 51.3 Å². The zero-order chi connectivity index (χ0) is 18.7. The number of thiophene rings is 1. The van der Waals surface area contributed by atoms with Gasteiger partial charge >= 0.3 is 5.97 Å². The molecular weight excluding hydrogens is 350 g/mol. The van der Waals surface area contributed by atoms with Crippen LogP contribution in [0.4, 0.5) is 5.00 Å². The van der Waals surface area contributed by atoms with Gasteiger partial charge < -0.3 is 14.8 Å². The minimum atomic E-state index is -0.426. The smallest absolute Gasteiger partial charge is 0.341 e. The number of carbonyl (C=O) groups is 2. The summed E-state index contributed by atoms with van der Waals surface area (Å²) in [4.78, 5) is 25.5. The molecule has 26 heavy (non-hydrogen) atoms. The van der Waals surface area contributed by atoms with Crippen molar-refractivity contribution in [1.82, 2.24) is 0 Å². The summed E-state index contributed by atoms with van der Waals surface area (Å²) >= 11 is 1.42. The van der Waals surface area contributed by atoms with E-state index in [9.17, 15) is 9.59 Å². The number of rotatable bonds is 7. The van der Waals surface area contributed by atoms with Crippen LogP contribution in [0.5, 0.6) is 5.75 Å². The van der Waals surface area contributed by atoms with Gasteiger partial charge in [0.25, 0.3) is 0 Å². The van der Waals surface area contributed by atoms with Crippen molar-refractivity contribution in [2.45, 2.75) is 33.6 Å². The highest BCUT2D eigenvalue weighted by Crippen LogP contribution is 2.36. The molecule has 0 atom stereocenters. The van der Waals surface area contributed by atoms with Crippen LogP contribution in [0.1, 0.15) is 39.2 Å². The second-order valence-electron chi connectivity index (χ2n) is 6.55. The lowest BCUT2D eigenvalue weighted by Crippen LogP contribution is -2.17. The van der Waals surface area contributed by atoms with Gasteiger partial charge in [-0.3, -0.25) is 4.79 Å². The zero-order valence-corrected chi connectivity index (χ0v) is 16.1. The van der Waals surface area contributed by atoms with Crippen molar-refractivity contribution in [3.8, 4) is 5.75 Å².